The van der Waals surface area contributed by atoms with Gasteiger partial charge in [-0.3, -0.25) is 0 Å². The zero-order valence-electron chi connectivity index (χ0n) is 8.42. The Morgan fingerprint density at radius 1 is 1.21 bits per heavy atom. The average molecular weight is 192 g/mol. The highest BCUT2D eigenvalue weighted by atomic mass is 16.5. The minimum Gasteiger partial charge on any atom is -0.466 e. The molecule has 0 radical (unpaired) electrons. The summed E-state index contributed by atoms with van der Waals surface area (Å²) in [6.07, 6.45) is 0. The van der Waals surface area contributed by atoms with Crippen molar-refractivity contribution in [1.29, 1.82) is 0 Å². The summed E-state index contributed by atoms with van der Waals surface area (Å²) in [5, 5.41) is 3.86. The van der Waals surface area contributed by atoms with E-state index in [0.717, 1.165) is 28.3 Å². The Balaban J connectivity index is 2.61. The fourth-order valence-corrected chi connectivity index (χ4v) is 1.58. The molecule has 0 bridgehead atoms. The molecule has 0 aliphatic heterocycles. The maximum absolute atomic E-state index is 5.49. The predicted octanol–water partition coefficient (Wildman–Crippen LogP) is 2.44. The molecule has 74 valence electrons. The van der Waals surface area contributed by atoms with Gasteiger partial charge < -0.3 is 14.7 Å². The average Bonchev–Trinajstić information content (AvgIpc) is 2.60. The van der Waals surface area contributed by atoms with E-state index in [4.69, 9.17) is 14.7 Å². The van der Waals surface area contributed by atoms with Crippen LogP contribution in [-0.4, -0.2) is 5.16 Å². The van der Waals surface area contributed by atoms with Crippen molar-refractivity contribution in [1.82, 2.24) is 5.16 Å². The zero-order valence-corrected chi connectivity index (χ0v) is 8.42. The van der Waals surface area contributed by atoms with Gasteiger partial charge in [-0.05, 0) is 26.3 Å². The molecule has 0 atom stereocenters. The highest BCUT2D eigenvalue weighted by Crippen LogP contribution is 2.31. The van der Waals surface area contributed by atoms with E-state index >= 15 is 0 Å². The first kappa shape index (κ1) is 8.87. The first-order valence-electron chi connectivity index (χ1n) is 4.38. The second-order valence-electron chi connectivity index (χ2n) is 3.33. The first-order valence-corrected chi connectivity index (χ1v) is 4.38. The molecule has 2 heterocycles. The van der Waals surface area contributed by atoms with E-state index in [1.54, 1.807) is 6.07 Å². The summed E-state index contributed by atoms with van der Waals surface area (Å²) in [5.74, 6) is 2.06. The standard InChI is InChI=1S/C10H12N2O2/c1-5-6(2)13-7(3)10(5)8-4-9(11)14-12-8/h4H,11H2,1-3H3. The first-order chi connectivity index (χ1) is 6.59. The van der Waals surface area contributed by atoms with Crippen molar-refractivity contribution in [2.24, 2.45) is 0 Å². The molecule has 0 amide bonds. The van der Waals surface area contributed by atoms with Crippen molar-refractivity contribution in [2.75, 3.05) is 5.73 Å². The molecular formula is C10H12N2O2. The van der Waals surface area contributed by atoms with Gasteiger partial charge in [0.25, 0.3) is 0 Å². The molecule has 2 aromatic heterocycles. The van der Waals surface area contributed by atoms with E-state index in [1.165, 1.54) is 0 Å². The van der Waals surface area contributed by atoms with Crippen LogP contribution >= 0.6 is 0 Å². The number of aryl methyl sites for hydroxylation is 2. The Bertz CT molecular complexity index is 468. The smallest absolute Gasteiger partial charge is 0.222 e. The van der Waals surface area contributed by atoms with Crippen molar-refractivity contribution in [3.05, 3.63) is 23.2 Å². The summed E-state index contributed by atoms with van der Waals surface area (Å²) in [7, 11) is 0. The van der Waals surface area contributed by atoms with Gasteiger partial charge in [-0.2, -0.15) is 0 Å². The maximum atomic E-state index is 5.49. The molecule has 0 saturated heterocycles. The van der Waals surface area contributed by atoms with Gasteiger partial charge in [0.05, 0.1) is 0 Å². The number of furan rings is 1. The molecule has 4 heteroatoms. The summed E-state index contributed by atoms with van der Waals surface area (Å²) in [5.41, 5.74) is 8.25. The van der Waals surface area contributed by atoms with E-state index in [1.807, 2.05) is 20.8 Å². The van der Waals surface area contributed by atoms with E-state index in [2.05, 4.69) is 5.16 Å². The molecule has 2 N–H and O–H groups in total. The lowest BCUT2D eigenvalue weighted by atomic mass is 10.1. The molecule has 0 saturated carbocycles. The summed E-state index contributed by atoms with van der Waals surface area (Å²) in [4.78, 5) is 0. The lowest BCUT2D eigenvalue weighted by molar-refractivity contribution is 0.438. The Hall–Kier alpha value is -1.71. The van der Waals surface area contributed by atoms with Crippen LogP contribution in [0.5, 0.6) is 0 Å². The van der Waals surface area contributed by atoms with Crippen molar-refractivity contribution >= 4 is 5.88 Å². The number of nitrogen functional groups attached to an aromatic ring is 1. The zero-order chi connectivity index (χ0) is 10.3. The Kier molecular flexibility index (Phi) is 1.84. The van der Waals surface area contributed by atoms with Crippen molar-refractivity contribution in [3.8, 4) is 11.3 Å². The lowest BCUT2D eigenvalue weighted by Crippen LogP contribution is -1.81. The van der Waals surface area contributed by atoms with Crippen LogP contribution in [0.1, 0.15) is 17.1 Å². The van der Waals surface area contributed by atoms with Crippen LogP contribution in [0.3, 0.4) is 0 Å². The van der Waals surface area contributed by atoms with Crippen LogP contribution in [-0.2, 0) is 0 Å². The molecule has 0 unspecified atom stereocenters. The summed E-state index contributed by atoms with van der Waals surface area (Å²) in [6.45, 7) is 5.82. The van der Waals surface area contributed by atoms with Crippen molar-refractivity contribution < 1.29 is 8.94 Å². The number of nitrogens with zero attached hydrogens (tertiary/aromatic N) is 1. The van der Waals surface area contributed by atoms with Gasteiger partial charge in [0, 0.05) is 11.6 Å². The number of anilines is 1. The molecular weight excluding hydrogens is 180 g/mol. The highest BCUT2D eigenvalue weighted by molar-refractivity contribution is 5.67. The quantitative estimate of drug-likeness (QED) is 0.753. The largest absolute Gasteiger partial charge is 0.466 e. The van der Waals surface area contributed by atoms with E-state index < -0.39 is 0 Å². The van der Waals surface area contributed by atoms with E-state index in [9.17, 15) is 0 Å². The van der Waals surface area contributed by atoms with Gasteiger partial charge in [0.15, 0.2) is 0 Å². The lowest BCUT2D eigenvalue weighted by Gasteiger charge is -1.92. The van der Waals surface area contributed by atoms with Gasteiger partial charge in [-0.1, -0.05) is 5.16 Å². The van der Waals surface area contributed by atoms with Gasteiger partial charge in [-0.15, -0.1) is 0 Å². The SMILES string of the molecule is Cc1oc(C)c(-c2cc(N)on2)c1C. The maximum Gasteiger partial charge on any atom is 0.222 e. The second kappa shape index (κ2) is 2.90. The van der Waals surface area contributed by atoms with Crippen LogP contribution in [0.25, 0.3) is 11.3 Å². The van der Waals surface area contributed by atoms with Gasteiger partial charge in [0.1, 0.15) is 17.2 Å². The minimum absolute atomic E-state index is 0.317. The summed E-state index contributed by atoms with van der Waals surface area (Å²) >= 11 is 0. The second-order valence-corrected chi connectivity index (χ2v) is 3.33. The van der Waals surface area contributed by atoms with Crippen molar-refractivity contribution in [3.63, 3.8) is 0 Å². The number of hydrogen-bond donors (Lipinski definition) is 1. The number of rotatable bonds is 1. The Morgan fingerprint density at radius 3 is 2.36 bits per heavy atom. The predicted molar refractivity (Wildman–Crippen MR) is 52.8 cm³/mol. The number of aromatic nitrogens is 1. The Morgan fingerprint density at radius 2 is 1.93 bits per heavy atom. The molecule has 14 heavy (non-hydrogen) atoms. The van der Waals surface area contributed by atoms with Gasteiger partial charge >= 0.3 is 0 Å². The summed E-state index contributed by atoms with van der Waals surface area (Å²) < 4.78 is 10.3. The molecule has 4 nitrogen and oxygen atoms in total. The van der Waals surface area contributed by atoms with Gasteiger partial charge in [-0.25, -0.2) is 0 Å². The molecule has 2 rings (SSSR count). The fourth-order valence-electron chi connectivity index (χ4n) is 1.58. The van der Waals surface area contributed by atoms with Crippen LogP contribution in [0.2, 0.25) is 0 Å². The third-order valence-electron chi connectivity index (χ3n) is 2.35. The van der Waals surface area contributed by atoms with Crippen LogP contribution in [0, 0.1) is 20.8 Å². The molecule has 0 fully saturated rings. The fraction of sp³-hybridized carbons (Fsp3) is 0.300. The number of hydrogen-bond acceptors (Lipinski definition) is 4. The van der Waals surface area contributed by atoms with E-state index in [0.29, 0.717) is 5.88 Å². The van der Waals surface area contributed by atoms with Crippen LogP contribution < -0.4 is 5.73 Å². The van der Waals surface area contributed by atoms with Crippen LogP contribution in [0.15, 0.2) is 15.0 Å². The third-order valence-corrected chi connectivity index (χ3v) is 2.35. The normalized spacial score (nSPS) is 10.8. The monoisotopic (exact) mass is 192 g/mol. The molecule has 0 aliphatic carbocycles. The highest BCUT2D eigenvalue weighted by Gasteiger charge is 2.16. The third kappa shape index (κ3) is 1.19. The van der Waals surface area contributed by atoms with Crippen LogP contribution in [0.4, 0.5) is 5.88 Å². The van der Waals surface area contributed by atoms with Crippen molar-refractivity contribution in [2.45, 2.75) is 20.8 Å². The van der Waals surface area contributed by atoms with Gasteiger partial charge in [0.2, 0.25) is 5.88 Å². The molecule has 2 aromatic rings. The molecule has 0 aliphatic rings. The Labute approximate surface area is 81.7 Å². The van der Waals surface area contributed by atoms with E-state index in [-0.39, 0.29) is 0 Å². The topological polar surface area (TPSA) is 65.2 Å². The molecule has 0 spiro atoms. The minimum atomic E-state index is 0.317. The summed E-state index contributed by atoms with van der Waals surface area (Å²) in [6, 6.07) is 1.70. The molecule has 0 aromatic carbocycles. The number of nitrogens with two attached hydrogens (primary N) is 1.